The molecule has 0 nitrogen and oxygen atoms in total. The van der Waals surface area contributed by atoms with Crippen molar-refractivity contribution in [3.63, 3.8) is 0 Å². The summed E-state index contributed by atoms with van der Waals surface area (Å²) < 4.78 is 0. The van der Waals surface area contributed by atoms with Gasteiger partial charge in [-0.3, -0.25) is 0 Å². The molecule has 0 unspecified atom stereocenters. The molecule has 10 aromatic carbocycles. The Hall–Kier alpha value is -8.24. The molecular weight excluding hydrogens is 1560 g/mol. The largest absolute Gasteiger partial charge is 0.0654 e. The molecule has 0 bridgehead atoms. The van der Waals surface area contributed by atoms with Crippen LogP contribution in [-0.2, 0) is 21.7 Å². The van der Waals surface area contributed by atoms with E-state index in [4.69, 9.17) is 0 Å². The van der Waals surface area contributed by atoms with Gasteiger partial charge in [0.2, 0.25) is 0 Å². The highest BCUT2D eigenvalue weighted by molar-refractivity contribution is 5.91. The predicted molar refractivity (Wildman–Crippen MR) is 569 cm³/mol. The van der Waals surface area contributed by atoms with Gasteiger partial charge in [0.05, 0.1) is 0 Å². The molecule has 10 aromatic rings. The van der Waals surface area contributed by atoms with Crippen LogP contribution < -0.4 is 0 Å². The van der Waals surface area contributed by atoms with Gasteiger partial charge in [-0.2, -0.15) is 0 Å². The maximum absolute atomic E-state index is 4.04. The van der Waals surface area contributed by atoms with Crippen LogP contribution in [0.2, 0.25) is 0 Å². The fourth-order valence-corrected chi connectivity index (χ4v) is 24.9. The van der Waals surface area contributed by atoms with Crippen molar-refractivity contribution in [2.24, 2.45) is 0 Å². The van der Waals surface area contributed by atoms with Crippen molar-refractivity contribution >= 4 is 0 Å². The molecule has 0 spiro atoms. The molecule has 0 amide bonds. The minimum atomic E-state index is -0.111. The van der Waals surface area contributed by atoms with Gasteiger partial charge < -0.3 is 0 Å². The van der Waals surface area contributed by atoms with Crippen LogP contribution in [0.4, 0.5) is 0 Å². The fourth-order valence-electron chi connectivity index (χ4n) is 24.9. The van der Waals surface area contributed by atoms with E-state index in [1.807, 2.05) is 0 Å². The Kier molecular flexibility index (Phi) is 37.8. The van der Waals surface area contributed by atoms with Gasteiger partial charge in [-0.1, -0.05) is 521 Å². The third kappa shape index (κ3) is 23.4. The molecule has 14 rings (SSSR count). The first-order valence-electron chi connectivity index (χ1n) is 55.0. The first-order chi connectivity index (χ1) is 64.1. The zero-order valence-electron chi connectivity index (χ0n) is 83.2. The first-order valence-corrected chi connectivity index (χ1v) is 55.0. The summed E-state index contributed by atoms with van der Waals surface area (Å²) >= 11 is 0. The zero-order valence-corrected chi connectivity index (χ0v) is 83.2. The van der Waals surface area contributed by atoms with E-state index in [2.05, 4.69) is 273 Å². The lowest BCUT2D eigenvalue weighted by Gasteiger charge is -2.34. The lowest BCUT2D eigenvalue weighted by molar-refractivity contribution is 0.397. The van der Waals surface area contributed by atoms with Crippen LogP contribution in [0.25, 0.3) is 89.0 Å². The van der Waals surface area contributed by atoms with E-state index in [0.717, 1.165) is 0 Å². The maximum atomic E-state index is 4.04. The molecule has 130 heavy (non-hydrogen) atoms. The molecule has 4 aliphatic carbocycles. The summed E-state index contributed by atoms with van der Waals surface area (Å²) in [4.78, 5) is 0. The third-order valence-electron chi connectivity index (χ3n) is 32.3. The second-order valence-electron chi connectivity index (χ2n) is 41.5. The van der Waals surface area contributed by atoms with E-state index in [1.54, 1.807) is 44.5 Å². The molecular formula is C130H170. The van der Waals surface area contributed by atoms with Gasteiger partial charge in [0.25, 0.3) is 0 Å². The quantitative estimate of drug-likeness (QED) is 0.0263. The number of rotatable bonds is 60. The van der Waals surface area contributed by atoms with Crippen molar-refractivity contribution in [1.82, 2.24) is 0 Å². The van der Waals surface area contributed by atoms with Crippen molar-refractivity contribution in [3.05, 3.63) is 262 Å². The Morgan fingerprint density at radius 2 is 0.300 bits per heavy atom. The molecule has 0 heterocycles. The standard InChI is InChI=1S/C130H170/c1-9-17-25-33-41-55-85-127(86-56-42-34-26-18-10-2)119-93-101(69-77-111(119)113-81-73-107(97-123(113)127)109-75-83-117-115-79-71-105(103-63-51-49-52-64-103)95-121(115)129(125(117)99-109,89-59-45-37-29-21-13-5)90-60-46-38-30-22-14-6)67-68-102-70-78-112-114-82-74-108(98-124(114)128(120(112)94-102,87-57-43-35-27-19-11-3)88-58-44-36-28-20-12-4)110-76-84-118-116-80-72-106(104-65-53-50-54-66-104)96-122(116)130(126(118)100-110,91-61-47-39-31-23-15-7)92-62-48-40-32-24-16-8/h49-54,63-66,69-84,93-100H,9-48,55-62,85-92H2,1-8H3. The first kappa shape index (κ1) is 97.8. The topological polar surface area (TPSA) is 0 Å². The molecule has 0 heteroatoms. The molecule has 0 saturated heterocycles. The maximum Gasteiger partial charge on any atom is 0.0252 e. The molecule has 0 radical (unpaired) electrons. The molecule has 690 valence electrons. The number of fused-ring (bicyclic) bond motifs is 12. The van der Waals surface area contributed by atoms with Crippen molar-refractivity contribution in [3.8, 4) is 101 Å². The normalized spacial score (nSPS) is 14.1. The Balaban J connectivity index is 0.851. The van der Waals surface area contributed by atoms with Crippen LogP contribution in [0, 0.1) is 11.8 Å². The molecule has 4 aliphatic rings. The van der Waals surface area contributed by atoms with Gasteiger partial charge in [0.1, 0.15) is 0 Å². The highest BCUT2D eigenvalue weighted by Gasteiger charge is 2.48. The molecule has 0 aliphatic heterocycles. The van der Waals surface area contributed by atoms with E-state index in [1.165, 1.54) is 460 Å². The van der Waals surface area contributed by atoms with Gasteiger partial charge in [0, 0.05) is 32.8 Å². The van der Waals surface area contributed by atoms with E-state index < -0.39 is 0 Å². The van der Waals surface area contributed by atoms with E-state index in [-0.39, 0.29) is 21.7 Å². The van der Waals surface area contributed by atoms with E-state index in [0.29, 0.717) is 0 Å². The zero-order chi connectivity index (χ0) is 90.1. The second-order valence-corrected chi connectivity index (χ2v) is 41.5. The molecule has 0 atom stereocenters. The molecule has 0 N–H and O–H groups in total. The Morgan fingerprint density at radius 3 is 0.485 bits per heavy atom. The highest BCUT2D eigenvalue weighted by atomic mass is 14.5. The van der Waals surface area contributed by atoms with Crippen molar-refractivity contribution in [2.75, 3.05) is 0 Å². The van der Waals surface area contributed by atoms with Gasteiger partial charge in [-0.15, -0.1) is 0 Å². The van der Waals surface area contributed by atoms with Gasteiger partial charge in [-0.05, 0) is 246 Å². The average Bonchev–Trinajstić information content (AvgIpc) is 1.57. The van der Waals surface area contributed by atoms with Crippen LogP contribution in [0.15, 0.2) is 206 Å². The number of hydrogen-bond donors (Lipinski definition) is 0. The Bertz CT molecular complexity index is 4810. The van der Waals surface area contributed by atoms with Crippen LogP contribution in [0.3, 0.4) is 0 Å². The molecule has 0 fully saturated rings. The van der Waals surface area contributed by atoms with E-state index in [9.17, 15) is 0 Å². The lowest BCUT2D eigenvalue weighted by atomic mass is 9.69. The smallest absolute Gasteiger partial charge is 0.0252 e. The Morgan fingerprint density at radius 1 is 0.146 bits per heavy atom. The minimum Gasteiger partial charge on any atom is -0.0654 e. The lowest BCUT2D eigenvalue weighted by Crippen LogP contribution is -2.26. The van der Waals surface area contributed by atoms with Crippen LogP contribution in [0.1, 0.15) is 471 Å². The average molecular weight is 1730 g/mol. The summed E-state index contributed by atoms with van der Waals surface area (Å²) in [6.45, 7) is 18.9. The third-order valence-corrected chi connectivity index (χ3v) is 32.3. The van der Waals surface area contributed by atoms with Crippen molar-refractivity contribution in [2.45, 2.75) is 437 Å². The van der Waals surface area contributed by atoms with Gasteiger partial charge >= 0.3 is 0 Å². The summed E-state index contributed by atoms with van der Waals surface area (Å²) in [5.74, 6) is 8.07. The predicted octanol–water partition coefficient (Wildman–Crippen LogP) is 40.8. The number of hydrogen-bond acceptors (Lipinski definition) is 0. The SMILES string of the molecule is CCCCCCCCC1(CCCCCCCC)c2cc(C#Cc3ccc4c(c3)C(CCCCCCCC)(CCCCCCCC)c3cc(-c5ccc6c(c5)C(CCCCCCCC)(CCCCCCCC)c5cc(-c7ccccc7)ccc5-6)ccc3-4)ccc2-c2ccc(-c3ccc4c(c3)C(CCCCCCCC)(CCCCCCCC)c3cc(-c5ccccc5)ccc3-4)cc21. The molecule has 0 aromatic heterocycles. The number of unbranched alkanes of at least 4 members (excludes halogenated alkanes) is 40. The highest BCUT2D eigenvalue weighted by Crippen LogP contribution is 2.62. The van der Waals surface area contributed by atoms with Crippen LogP contribution in [-0.4, -0.2) is 0 Å². The van der Waals surface area contributed by atoms with Crippen molar-refractivity contribution < 1.29 is 0 Å². The fraction of sp³-hybridized carbons (Fsp3) is 0.523. The molecule has 0 saturated carbocycles. The van der Waals surface area contributed by atoms with Crippen molar-refractivity contribution in [1.29, 1.82) is 0 Å². The van der Waals surface area contributed by atoms with E-state index >= 15 is 0 Å². The minimum absolute atomic E-state index is 0.0362. The van der Waals surface area contributed by atoms with Gasteiger partial charge in [0.15, 0.2) is 0 Å². The van der Waals surface area contributed by atoms with Crippen LogP contribution >= 0.6 is 0 Å². The monoisotopic (exact) mass is 1730 g/mol. The summed E-state index contributed by atoms with van der Waals surface area (Å²) in [6, 6.07) is 84.5. The summed E-state index contributed by atoms with van der Waals surface area (Å²) in [5.41, 5.74) is 37.4. The number of benzene rings is 10. The summed E-state index contributed by atoms with van der Waals surface area (Å²) in [6.07, 6.45) is 72.4. The van der Waals surface area contributed by atoms with Crippen LogP contribution in [0.5, 0.6) is 0 Å². The summed E-state index contributed by atoms with van der Waals surface area (Å²) in [5, 5.41) is 0. The van der Waals surface area contributed by atoms with Gasteiger partial charge in [-0.25, -0.2) is 0 Å². The summed E-state index contributed by atoms with van der Waals surface area (Å²) in [7, 11) is 0. The second kappa shape index (κ2) is 50.2. The Labute approximate surface area is 793 Å².